The molecule has 6 heteroatoms. The fourth-order valence-electron chi connectivity index (χ4n) is 3.03. The van der Waals surface area contributed by atoms with Gasteiger partial charge in [0.25, 0.3) is 5.91 Å². The van der Waals surface area contributed by atoms with Crippen LogP contribution in [0.5, 0.6) is 0 Å². The molecule has 3 aromatic rings. The van der Waals surface area contributed by atoms with E-state index in [9.17, 15) is 9.18 Å². The molecule has 0 aliphatic rings. The molecule has 1 atom stereocenters. The predicted octanol–water partition coefficient (Wildman–Crippen LogP) is 5.01. The van der Waals surface area contributed by atoms with E-state index in [4.69, 9.17) is 0 Å². The number of benzene rings is 2. The second-order valence-corrected chi connectivity index (χ2v) is 8.14. The Kier molecular flexibility index (Phi) is 6.88. The minimum Gasteiger partial charge on any atom is -0.318 e. The summed E-state index contributed by atoms with van der Waals surface area (Å²) in [5.41, 5.74) is 7.57. The van der Waals surface area contributed by atoms with Gasteiger partial charge in [0, 0.05) is 28.4 Å². The van der Waals surface area contributed by atoms with Gasteiger partial charge in [0.2, 0.25) is 0 Å². The van der Waals surface area contributed by atoms with Crippen molar-refractivity contribution in [1.29, 1.82) is 0 Å². The lowest BCUT2D eigenvalue weighted by atomic mass is 10.2. The van der Waals surface area contributed by atoms with Crippen LogP contribution in [0.1, 0.15) is 29.4 Å². The van der Waals surface area contributed by atoms with Crippen LogP contribution in [0, 0.1) is 19.7 Å². The molecular formula is C23H24FN3OS. The predicted molar refractivity (Wildman–Crippen MR) is 118 cm³/mol. The normalized spacial score (nSPS) is 12.3. The molecule has 2 aromatic carbocycles. The summed E-state index contributed by atoms with van der Waals surface area (Å²) in [4.78, 5) is 12.3. The Morgan fingerprint density at radius 1 is 1.17 bits per heavy atom. The van der Waals surface area contributed by atoms with Crippen LogP contribution in [0.2, 0.25) is 0 Å². The average Bonchev–Trinajstić information content (AvgIpc) is 3.01. The van der Waals surface area contributed by atoms with Gasteiger partial charge < -0.3 is 4.57 Å². The van der Waals surface area contributed by atoms with Crippen LogP contribution in [0.4, 0.5) is 4.39 Å². The smallest absolute Gasteiger partial charge is 0.252 e. The number of hydrazone groups is 1. The minimum absolute atomic E-state index is 0.130. The number of aromatic nitrogens is 1. The summed E-state index contributed by atoms with van der Waals surface area (Å²) in [7, 11) is 0. The van der Waals surface area contributed by atoms with Gasteiger partial charge in [-0.2, -0.15) is 5.10 Å². The molecule has 0 saturated carbocycles. The monoisotopic (exact) mass is 409 g/mol. The summed E-state index contributed by atoms with van der Waals surface area (Å²) in [6.45, 7) is 5.82. The zero-order valence-corrected chi connectivity index (χ0v) is 17.5. The zero-order chi connectivity index (χ0) is 20.8. The van der Waals surface area contributed by atoms with Gasteiger partial charge in [-0.25, -0.2) is 9.82 Å². The Balaban J connectivity index is 1.60. The van der Waals surface area contributed by atoms with Crippen molar-refractivity contribution in [2.75, 3.05) is 0 Å². The van der Waals surface area contributed by atoms with Gasteiger partial charge in [-0.05, 0) is 56.7 Å². The summed E-state index contributed by atoms with van der Waals surface area (Å²) in [5.74, 6) is 0.382. The molecule has 1 amide bonds. The quantitative estimate of drug-likeness (QED) is 0.441. The first-order valence-electron chi connectivity index (χ1n) is 9.39. The second-order valence-electron chi connectivity index (χ2n) is 6.81. The Bertz CT molecular complexity index is 997. The molecule has 1 N–H and O–H groups in total. The molecule has 0 aliphatic carbocycles. The van der Waals surface area contributed by atoms with Gasteiger partial charge in [-0.3, -0.25) is 4.79 Å². The first kappa shape index (κ1) is 20.9. The van der Waals surface area contributed by atoms with Gasteiger partial charge in [0.05, 0.1) is 11.5 Å². The maximum absolute atomic E-state index is 13.2. The topological polar surface area (TPSA) is 46.4 Å². The number of halogens is 1. The molecule has 3 rings (SSSR count). The molecule has 0 bridgehead atoms. The van der Waals surface area contributed by atoms with E-state index in [1.807, 2.05) is 61.7 Å². The molecule has 0 saturated heterocycles. The molecule has 29 heavy (non-hydrogen) atoms. The standard InChI is InChI=1S/C23H24FN3OS/c1-16-13-20(17(2)27(16)22-11-9-21(24)10-12-22)14-25-26-23(28)18(3)29-15-19-7-5-4-6-8-19/h4-14,18H,15H2,1-3H3,(H,26,28)/b25-14-/t18-/m0/s1. The highest BCUT2D eigenvalue weighted by atomic mass is 32.2. The summed E-state index contributed by atoms with van der Waals surface area (Å²) in [6.07, 6.45) is 1.65. The first-order valence-corrected chi connectivity index (χ1v) is 10.4. The molecule has 150 valence electrons. The summed E-state index contributed by atoms with van der Waals surface area (Å²) < 4.78 is 15.2. The van der Waals surface area contributed by atoms with Crippen molar-refractivity contribution in [3.05, 3.63) is 89.0 Å². The minimum atomic E-state index is -0.264. The van der Waals surface area contributed by atoms with E-state index in [0.717, 1.165) is 28.4 Å². The van der Waals surface area contributed by atoms with E-state index >= 15 is 0 Å². The van der Waals surface area contributed by atoms with Crippen molar-refractivity contribution in [3.8, 4) is 5.69 Å². The van der Waals surface area contributed by atoms with Gasteiger partial charge >= 0.3 is 0 Å². The van der Waals surface area contributed by atoms with Crippen LogP contribution in [0.15, 0.2) is 65.8 Å². The van der Waals surface area contributed by atoms with E-state index < -0.39 is 0 Å². The van der Waals surface area contributed by atoms with Crippen LogP contribution in [-0.4, -0.2) is 21.9 Å². The summed E-state index contributed by atoms with van der Waals surface area (Å²) in [5, 5.41) is 3.92. The molecule has 1 heterocycles. The number of nitrogens with zero attached hydrogens (tertiary/aromatic N) is 2. The SMILES string of the molecule is Cc1cc(/C=N\NC(=O)[C@H](C)SCc2ccccc2)c(C)n1-c1ccc(F)cc1. The van der Waals surface area contributed by atoms with Gasteiger partial charge in [-0.15, -0.1) is 11.8 Å². The maximum Gasteiger partial charge on any atom is 0.252 e. The van der Waals surface area contributed by atoms with Crippen molar-refractivity contribution in [3.63, 3.8) is 0 Å². The van der Waals surface area contributed by atoms with Crippen LogP contribution < -0.4 is 5.43 Å². The number of carbonyl (C=O) groups excluding carboxylic acids is 1. The van der Waals surface area contributed by atoms with E-state index in [1.54, 1.807) is 30.1 Å². The van der Waals surface area contributed by atoms with E-state index in [1.165, 1.54) is 17.7 Å². The molecule has 0 spiro atoms. The Hall–Kier alpha value is -2.86. The lowest BCUT2D eigenvalue weighted by molar-refractivity contribution is -0.120. The third-order valence-corrected chi connectivity index (χ3v) is 5.86. The lowest BCUT2D eigenvalue weighted by Crippen LogP contribution is -2.27. The van der Waals surface area contributed by atoms with E-state index in [2.05, 4.69) is 10.5 Å². The molecule has 0 fully saturated rings. The zero-order valence-electron chi connectivity index (χ0n) is 16.7. The molecule has 0 aliphatic heterocycles. The van der Waals surface area contributed by atoms with Gasteiger partial charge in [0.1, 0.15) is 5.82 Å². The van der Waals surface area contributed by atoms with Gasteiger partial charge in [0.15, 0.2) is 0 Å². The van der Waals surface area contributed by atoms with Crippen molar-refractivity contribution < 1.29 is 9.18 Å². The lowest BCUT2D eigenvalue weighted by Gasteiger charge is -2.10. The number of carbonyl (C=O) groups is 1. The van der Waals surface area contributed by atoms with Crippen molar-refractivity contribution in [1.82, 2.24) is 9.99 Å². The maximum atomic E-state index is 13.2. The van der Waals surface area contributed by atoms with Crippen molar-refractivity contribution in [2.45, 2.75) is 31.8 Å². The average molecular weight is 410 g/mol. The highest BCUT2D eigenvalue weighted by Gasteiger charge is 2.13. The third-order valence-electron chi connectivity index (χ3n) is 4.65. The summed E-state index contributed by atoms with van der Waals surface area (Å²) >= 11 is 1.57. The second kappa shape index (κ2) is 9.56. The van der Waals surface area contributed by atoms with E-state index in [0.29, 0.717) is 0 Å². The fraction of sp³-hybridized carbons (Fsp3) is 0.217. The molecular weight excluding hydrogens is 385 g/mol. The van der Waals surface area contributed by atoms with Gasteiger partial charge in [-0.1, -0.05) is 30.3 Å². The molecule has 1 aromatic heterocycles. The summed E-state index contributed by atoms with van der Waals surface area (Å²) in [6, 6.07) is 18.4. The molecule has 4 nitrogen and oxygen atoms in total. The third kappa shape index (κ3) is 5.35. The number of hydrogen-bond donors (Lipinski definition) is 1. The number of hydrogen-bond acceptors (Lipinski definition) is 3. The van der Waals surface area contributed by atoms with Crippen molar-refractivity contribution >= 4 is 23.9 Å². The molecule has 0 radical (unpaired) electrons. The van der Waals surface area contributed by atoms with Crippen LogP contribution in [-0.2, 0) is 10.5 Å². The number of thioether (sulfide) groups is 1. The Morgan fingerprint density at radius 2 is 1.86 bits per heavy atom. The Labute approximate surface area is 174 Å². The number of nitrogens with one attached hydrogen (secondary N) is 1. The largest absolute Gasteiger partial charge is 0.318 e. The number of aryl methyl sites for hydroxylation is 1. The Morgan fingerprint density at radius 3 is 2.55 bits per heavy atom. The highest BCUT2D eigenvalue weighted by Crippen LogP contribution is 2.20. The van der Waals surface area contributed by atoms with E-state index in [-0.39, 0.29) is 17.0 Å². The van der Waals surface area contributed by atoms with Crippen LogP contribution in [0.3, 0.4) is 0 Å². The number of rotatable bonds is 7. The highest BCUT2D eigenvalue weighted by molar-refractivity contribution is 7.99. The molecule has 0 unspecified atom stereocenters. The van der Waals surface area contributed by atoms with Crippen molar-refractivity contribution in [2.24, 2.45) is 5.10 Å². The number of amides is 1. The fourth-order valence-corrected chi connectivity index (χ4v) is 3.87. The van der Waals surface area contributed by atoms with Crippen LogP contribution >= 0.6 is 11.8 Å². The van der Waals surface area contributed by atoms with Crippen LogP contribution in [0.25, 0.3) is 5.69 Å². The first-order chi connectivity index (χ1) is 14.0.